The van der Waals surface area contributed by atoms with Crippen molar-refractivity contribution in [2.75, 3.05) is 13.7 Å². The van der Waals surface area contributed by atoms with E-state index >= 15 is 0 Å². The molecular weight excluding hydrogens is 470 g/mol. The summed E-state index contributed by atoms with van der Waals surface area (Å²) in [4.78, 5) is 24.1. The molecule has 0 radical (unpaired) electrons. The Hall–Kier alpha value is -3.39. The summed E-state index contributed by atoms with van der Waals surface area (Å²) < 4.78 is 17.0. The number of rotatable bonds is 10. The normalized spacial score (nSPS) is 20.8. The zero-order chi connectivity index (χ0) is 26.4. The minimum Gasteiger partial charge on any atom is -0.493 e. The number of hydrogen-bond acceptors (Lipinski definition) is 8. The van der Waals surface area contributed by atoms with E-state index in [1.54, 1.807) is 43.3 Å². The lowest BCUT2D eigenvalue weighted by atomic mass is 9.87. The van der Waals surface area contributed by atoms with Gasteiger partial charge in [-0.3, -0.25) is 5.01 Å². The molecule has 1 aliphatic heterocycles. The molecule has 8 heteroatoms. The van der Waals surface area contributed by atoms with Crippen LogP contribution in [-0.4, -0.2) is 48.8 Å². The van der Waals surface area contributed by atoms with Crippen molar-refractivity contribution in [2.24, 2.45) is 16.8 Å². The SMILES string of the molecule is CCOC(=O)c1ccc(C(N)N2N=C(c3ccc(OC)c(OC4CCCC4)c3)C(CC)CC2C=O)cc1. The van der Waals surface area contributed by atoms with Crippen LogP contribution in [0.4, 0.5) is 0 Å². The summed E-state index contributed by atoms with van der Waals surface area (Å²) in [5.41, 5.74) is 9.63. The predicted molar refractivity (Wildman–Crippen MR) is 142 cm³/mol. The maximum absolute atomic E-state index is 12.1. The lowest BCUT2D eigenvalue weighted by molar-refractivity contribution is -0.114. The second-order valence-electron chi connectivity index (χ2n) is 9.59. The van der Waals surface area contributed by atoms with Crippen molar-refractivity contribution in [2.45, 2.75) is 70.7 Å². The van der Waals surface area contributed by atoms with Gasteiger partial charge in [-0.05, 0) is 81.3 Å². The van der Waals surface area contributed by atoms with Crippen molar-refractivity contribution in [3.8, 4) is 11.5 Å². The first kappa shape index (κ1) is 26.7. The molecule has 3 atom stereocenters. The molecule has 2 aliphatic rings. The molecular formula is C29H37N3O5. The lowest BCUT2D eigenvalue weighted by Gasteiger charge is -2.38. The molecule has 1 fully saturated rings. The van der Waals surface area contributed by atoms with Crippen LogP contribution in [0.2, 0.25) is 0 Å². The Balaban J connectivity index is 1.65. The highest BCUT2D eigenvalue weighted by molar-refractivity contribution is 6.03. The van der Waals surface area contributed by atoms with Crippen LogP contribution < -0.4 is 15.2 Å². The highest BCUT2D eigenvalue weighted by Gasteiger charge is 2.34. The molecule has 0 spiro atoms. The molecule has 8 nitrogen and oxygen atoms in total. The molecule has 3 unspecified atom stereocenters. The number of nitrogens with two attached hydrogens (primary N) is 1. The van der Waals surface area contributed by atoms with Gasteiger partial charge in [0.1, 0.15) is 18.5 Å². The molecule has 2 aromatic carbocycles. The van der Waals surface area contributed by atoms with Crippen molar-refractivity contribution in [3.63, 3.8) is 0 Å². The number of carbonyl (C=O) groups is 2. The molecule has 198 valence electrons. The van der Waals surface area contributed by atoms with Gasteiger partial charge in [0.15, 0.2) is 11.5 Å². The van der Waals surface area contributed by atoms with Crippen molar-refractivity contribution in [1.82, 2.24) is 5.01 Å². The molecule has 1 saturated carbocycles. The summed E-state index contributed by atoms with van der Waals surface area (Å²) in [6.07, 6.45) is 6.35. The first-order chi connectivity index (χ1) is 18.0. The zero-order valence-electron chi connectivity index (χ0n) is 21.9. The molecule has 1 heterocycles. The van der Waals surface area contributed by atoms with Gasteiger partial charge in [-0.25, -0.2) is 4.79 Å². The number of esters is 1. The molecule has 37 heavy (non-hydrogen) atoms. The van der Waals surface area contributed by atoms with Gasteiger partial charge in [-0.2, -0.15) is 5.10 Å². The number of carbonyl (C=O) groups excluding carboxylic acids is 2. The largest absolute Gasteiger partial charge is 0.493 e. The highest BCUT2D eigenvalue weighted by atomic mass is 16.5. The van der Waals surface area contributed by atoms with E-state index in [1.165, 1.54) is 12.8 Å². The van der Waals surface area contributed by atoms with E-state index in [0.717, 1.165) is 42.4 Å². The third-order valence-electron chi connectivity index (χ3n) is 7.23. The van der Waals surface area contributed by atoms with Crippen molar-refractivity contribution < 1.29 is 23.8 Å². The summed E-state index contributed by atoms with van der Waals surface area (Å²) >= 11 is 0. The Bertz CT molecular complexity index is 1110. The van der Waals surface area contributed by atoms with E-state index in [-0.39, 0.29) is 18.0 Å². The standard InChI is InChI=1S/C29H37N3O5/c1-4-19-16-23(18-33)32(28(30)20-10-12-21(13-11-20)29(34)36-5-2)31-27(19)22-14-15-25(35-3)26(17-22)37-24-8-6-7-9-24/h10-15,17-19,23-24,28H,4-9,16,30H2,1-3H3. The number of hydrazone groups is 1. The van der Waals surface area contributed by atoms with E-state index in [9.17, 15) is 9.59 Å². The fourth-order valence-electron chi connectivity index (χ4n) is 5.13. The Morgan fingerprint density at radius 1 is 1.14 bits per heavy atom. The van der Waals surface area contributed by atoms with Crippen molar-refractivity contribution >= 4 is 18.0 Å². The molecule has 0 amide bonds. The van der Waals surface area contributed by atoms with Crippen LogP contribution >= 0.6 is 0 Å². The molecule has 1 aliphatic carbocycles. The van der Waals surface area contributed by atoms with E-state index in [2.05, 4.69) is 6.92 Å². The minimum atomic E-state index is -0.660. The van der Waals surface area contributed by atoms with Crippen LogP contribution in [0.5, 0.6) is 11.5 Å². The van der Waals surface area contributed by atoms with Crippen molar-refractivity contribution in [1.29, 1.82) is 0 Å². The van der Waals surface area contributed by atoms with Crippen LogP contribution in [-0.2, 0) is 9.53 Å². The van der Waals surface area contributed by atoms with Crippen LogP contribution in [0.1, 0.15) is 80.0 Å². The molecule has 0 aromatic heterocycles. The van der Waals surface area contributed by atoms with Gasteiger partial charge in [-0.15, -0.1) is 0 Å². The third-order valence-corrected chi connectivity index (χ3v) is 7.23. The Morgan fingerprint density at radius 2 is 1.86 bits per heavy atom. The van der Waals surface area contributed by atoms with Crippen LogP contribution in [0.3, 0.4) is 0 Å². The van der Waals surface area contributed by atoms with Gasteiger partial charge in [0.2, 0.25) is 0 Å². The summed E-state index contributed by atoms with van der Waals surface area (Å²) in [5, 5.41) is 6.63. The summed E-state index contributed by atoms with van der Waals surface area (Å²) in [6, 6.07) is 12.4. The molecule has 0 bridgehead atoms. The number of ether oxygens (including phenoxy) is 3. The first-order valence-electron chi connectivity index (χ1n) is 13.2. The minimum absolute atomic E-state index is 0.0950. The first-order valence-corrected chi connectivity index (χ1v) is 13.2. The monoisotopic (exact) mass is 507 g/mol. The number of aldehydes is 1. The van der Waals surface area contributed by atoms with Gasteiger partial charge in [0, 0.05) is 11.5 Å². The molecule has 2 aromatic rings. The van der Waals surface area contributed by atoms with E-state index < -0.39 is 12.2 Å². The summed E-state index contributed by atoms with van der Waals surface area (Å²) in [6.45, 7) is 4.18. The third kappa shape index (κ3) is 5.96. The highest BCUT2D eigenvalue weighted by Crippen LogP contribution is 2.36. The van der Waals surface area contributed by atoms with Crippen molar-refractivity contribution in [3.05, 3.63) is 59.2 Å². The van der Waals surface area contributed by atoms with Crippen LogP contribution in [0.25, 0.3) is 0 Å². The van der Waals surface area contributed by atoms with E-state index in [4.69, 9.17) is 25.0 Å². The van der Waals surface area contributed by atoms with Crippen LogP contribution in [0.15, 0.2) is 47.6 Å². The Kier molecular flexibility index (Phi) is 8.82. The quantitative estimate of drug-likeness (QED) is 0.362. The number of methoxy groups -OCH3 is 1. The number of hydrogen-bond donors (Lipinski definition) is 1. The second-order valence-corrected chi connectivity index (χ2v) is 9.59. The predicted octanol–water partition coefficient (Wildman–Crippen LogP) is 4.85. The maximum Gasteiger partial charge on any atom is 0.338 e. The average Bonchev–Trinajstić information content (AvgIpc) is 3.45. The number of nitrogens with zero attached hydrogens (tertiary/aromatic N) is 2. The fraction of sp³-hybridized carbons (Fsp3) is 0.483. The van der Waals surface area contributed by atoms with Gasteiger partial charge in [-0.1, -0.05) is 19.1 Å². The Labute approximate surface area is 218 Å². The van der Waals surface area contributed by atoms with E-state index in [0.29, 0.717) is 30.1 Å². The molecule has 4 rings (SSSR count). The Morgan fingerprint density at radius 3 is 2.49 bits per heavy atom. The zero-order valence-corrected chi connectivity index (χ0v) is 21.9. The van der Waals surface area contributed by atoms with Gasteiger partial charge in [0.05, 0.1) is 31.1 Å². The summed E-state index contributed by atoms with van der Waals surface area (Å²) in [5.74, 6) is 1.12. The fourth-order valence-corrected chi connectivity index (χ4v) is 5.13. The van der Waals surface area contributed by atoms with Gasteiger partial charge >= 0.3 is 5.97 Å². The smallest absolute Gasteiger partial charge is 0.338 e. The van der Waals surface area contributed by atoms with E-state index in [1.807, 2.05) is 18.2 Å². The summed E-state index contributed by atoms with van der Waals surface area (Å²) in [7, 11) is 1.64. The topological polar surface area (TPSA) is 103 Å². The van der Waals surface area contributed by atoms with Gasteiger partial charge < -0.3 is 24.7 Å². The molecule has 2 N–H and O–H groups in total. The number of benzene rings is 2. The molecule has 0 saturated heterocycles. The maximum atomic E-state index is 12.1. The lowest BCUT2D eigenvalue weighted by Crippen LogP contribution is -2.46. The van der Waals surface area contributed by atoms with Gasteiger partial charge in [0.25, 0.3) is 0 Å². The second kappa shape index (κ2) is 12.2. The van der Waals surface area contributed by atoms with Crippen LogP contribution in [0, 0.1) is 5.92 Å². The average molecular weight is 508 g/mol.